The zero-order chi connectivity index (χ0) is 23.8. The summed E-state index contributed by atoms with van der Waals surface area (Å²) in [4.78, 5) is 18.1. The van der Waals surface area contributed by atoms with Crippen molar-refractivity contribution in [1.82, 2.24) is 14.9 Å². The van der Waals surface area contributed by atoms with E-state index in [0.29, 0.717) is 16.4 Å². The number of aromatic carboxylic acids is 1. The molecule has 8 heteroatoms. The van der Waals surface area contributed by atoms with Crippen molar-refractivity contribution in [1.29, 1.82) is 0 Å². The van der Waals surface area contributed by atoms with E-state index in [4.69, 9.17) is 12.2 Å². The highest BCUT2D eigenvalue weighted by Gasteiger charge is 2.42. The van der Waals surface area contributed by atoms with Crippen LogP contribution in [0.5, 0.6) is 0 Å². The van der Waals surface area contributed by atoms with Gasteiger partial charge in [-0.25, -0.2) is 9.18 Å². The zero-order valence-electron chi connectivity index (χ0n) is 18.2. The molecule has 2 aromatic carbocycles. The first kappa shape index (κ1) is 21.8. The number of hydrogen-bond donors (Lipinski definition) is 2. The number of rotatable bonds is 5. The Labute approximate surface area is 201 Å². The lowest BCUT2D eigenvalue weighted by Crippen LogP contribution is -2.30. The van der Waals surface area contributed by atoms with Crippen molar-refractivity contribution in [3.05, 3.63) is 114 Å². The SMILES string of the molecule is Cc1cc(N2C(=S)N[C@H](c3ccccn3)[C@H]2c2cccn2-c2cccc(C(=O)O)c2)ccc1F. The summed E-state index contributed by atoms with van der Waals surface area (Å²) in [7, 11) is 0. The van der Waals surface area contributed by atoms with Gasteiger partial charge in [0.1, 0.15) is 11.9 Å². The van der Waals surface area contributed by atoms with E-state index in [2.05, 4.69) is 10.3 Å². The van der Waals surface area contributed by atoms with Crippen LogP contribution < -0.4 is 10.2 Å². The van der Waals surface area contributed by atoms with E-state index in [0.717, 1.165) is 17.1 Å². The Morgan fingerprint density at radius 3 is 2.65 bits per heavy atom. The highest BCUT2D eigenvalue weighted by atomic mass is 32.1. The molecule has 1 aliphatic heterocycles. The van der Waals surface area contributed by atoms with Crippen molar-refractivity contribution in [2.45, 2.75) is 19.0 Å². The van der Waals surface area contributed by atoms with Crippen LogP contribution in [-0.4, -0.2) is 25.7 Å². The second-order valence-corrected chi connectivity index (χ2v) is 8.48. The van der Waals surface area contributed by atoms with Crippen molar-refractivity contribution in [2.75, 3.05) is 4.90 Å². The predicted molar refractivity (Wildman–Crippen MR) is 132 cm³/mol. The molecule has 0 bridgehead atoms. The third kappa shape index (κ3) is 3.82. The van der Waals surface area contributed by atoms with Gasteiger partial charge in [0, 0.05) is 29.5 Å². The van der Waals surface area contributed by atoms with Crippen LogP contribution in [0.4, 0.5) is 10.1 Å². The summed E-state index contributed by atoms with van der Waals surface area (Å²) in [5, 5.41) is 13.4. The minimum Gasteiger partial charge on any atom is -0.478 e. The molecule has 1 saturated heterocycles. The van der Waals surface area contributed by atoms with E-state index in [1.807, 2.05) is 52.1 Å². The molecule has 1 aliphatic rings. The van der Waals surface area contributed by atoms with E-state index in [1.54, 1.807) is 43.5 Å². The number of carboxylic acid groups (broad SMARTS) is 1. The lowest BCUT2D eigenvalue weighted by atomic mass is 10.0. The smallest absolute Gasteiger partial charge is 0.335 e. The largest absolute Gasteiger partial charge is 0.478 e. The summed E-state index contributed by atoms with van der Waals surface area (Å²) >= 11 is 5.75. The number of halogens is 1. The standard InChI is InChI=1S/C26H21FN4O2S/c1-16-14-19(10-11-20(16)27)31-24(23(29-26(31)34)21-8-2-3-12-28-21)22-9-5-13-30(22)18-7-4-6-17(15-18)25(32)33/h2-15,23-24H,1H3,(H,29,34)(H,32,33)/t23-,24-/m1/s1. The number of anilines is 1. The molecular weight excluding hydrogens is 451 g/mol. The quantitative estimate of drug-likeness (QED) is 0.390. The Morgan fingerprint density at radius 1 is 1.06 bits per heavy atom. The van der Waals surface area contributed by atoms with Gasteiger partial charge in [0.2, 0.25) is 0 Å². The van der Waals surface area contributed by atoms with Crippen molar-refractivity contribution in [2.24, 2.45) is 0 Å². The Kier molecular flexibility index (Phi) is 5.59. The number of aromatic nitrogens is 2. The Bertz CT molecular complexity index is 1390. The molecule has 5 rings (SSSR count). The zero-order valence-corrected chi connectivity index (χ0v) is 19.0. The van der Waals surface area contributed by atoms with Gasteiger partial charge in [-0.3, -0.25) is 4.98 Å². The molecular formula is C26H21FN4O2S. The third-order valence-electron chi connectivity index (χ3n) is 5.97. The van der Waals surface area contributed by atoms with Gasteiger partial charge in [0.15, 0.2) is 5.11 Å². The van der Waals surface area contributed by atoms with Crippen LogP contribution in [0.25, 0.3) is 5.69 Å². The molecule has 6 nitrogen and oxygen atoms in total. The summed E-state index contributed by atoms with van der Waals surface area (Å²) in [5.41, 5.74) is 3.88. The van der Waals surface area contributed by atoms with E-state index in [9.17, 15) is 14.3 Å². The van der Waals surface area contributed by atoms with Crippen LogP contribution in [0.2, 0.25) is 0 Å². The summed E-state index contributed by atoms with van der Waals surface area (Å²) in [6, 6.07) is 20.7. The van der Waals surface area contributed by atoms with Gasteiger partial charge in [-0.15, -0.1) is 0 Å². The average Bonchev–Trinajstić information content (AvgIpc) is 3.46. The fraction of sp³-hybridized carbons (Fsp3) is 0.115. The fourth-order valence-corrected chi connectivity index (χ4v) is 4.72. The molecule has 2 aromatic heterocycles. The van der Waals surface area contributed by atoms with Crippen LogP contribution in [0.1, 0.15) is 39.4 Å². The lowest BCUT2D eigenvalue weighted by molar-refractivity contribution is 0.0697. The van der Waals surface area contributed by atoms with Crippen molar-refractivity contribution >= 4 is 29.0 Å². The average molecular weight is 473 g/mol. The summed E-state index contributed by atoms with van der Waals surface area (Å²) in [6.45, 7) is 1.72. The van der Waals surface area contributed by atoms with Crippen LogP contribution >= 0.6 is 12.2 Å². The van der Waals surface area contributed by atoms with E-state index >= 15 is 0 Å². The second-order valence-electron chi connectivity index (χ2n) is 8.09. The Balaban J connectivity index is 1.67. The van der Waals surface area contributed by atoms with Crippen molar-refractivity contribution in [3.63, 3.8) is 0 Å². The fourth-order valence-electron chi connectivity index (χ4n) is 4.37. The first-order valence-corrected chi connectivity index (χ1v) is 11.1. The monoisotopic (exact) mass is 472 g/mol. The minimum absolute atomic E-state index is 0.199. The molecule has 170 valence electrons. The van der Waals surface area contributed by atoms with Crippen LogP contribution in [0, 0.1) is 12.7 Å². The number of carbonyl (C=O) groups is 1. The number of nitrogens with zero attached hydrogens (tertiary/aromatic N) is 3. The highest BCUT2D eigenvalue weighted by molar-refractivity contribution is 7.80. The molecule has 2 atom stereocenters. The molecule has 3 heterocycles. The number of hydrogen-bond acceptors (Lipinski definition) is 3. The van der Waals surface area contributed by atoms with E-state index in [-0.39, 0.29) is 23.5 Å². The summed E-state index contributed by atoms with van der Waals surface area (Å²) in [6.07, 6.45) is 3.62. The highest BCUT2D eigenvalue weighted by Crippen LogP contribution is 2.42. The van der Waals surface area contributed by atoms with Gasteiger partial charge < -0.3 is 19.9 Å². The molecule has 0 amide bonds. The maximum Gasteiger partial charge on any atom is 0.335 e. The molecule has 0 radical (unpaired) electrons. The van der Waals surface area contributed by atoms with Crippen molar-refractivity contribution < 1.29 is 14.3 Å². The number of thiocarbonyl (C=S) groups is 1. The molecule has 2 N–H and O–H groups in total. The molecule has 0 unspecified atom stereocenters. The summed E-state index contributed by atoms with van der Waals surface area (Å²) in [5.74, 6) is -1.28. The van der Waals surface area contributed by atoms with Crippen molar-refractivity contribution in [3.8, 4) is 5.69 Å². The number of aryl methyl sites for hydroxylation is 1. The minimum atomic E-state index is -0.992. The molecule has 0 spiro atoms. The maximum absolute atomic E-state index is 14.1. The molecule has 1 fully saturated rings. The topological polar surface area (TPSA) is 70.4 Å². The van der Waals surface area contributed by atoms with Gasteiger partial charge in [-0.2, -0.15) is 0 Å². The molecule has 4 aromatic rings. The Hall–Kier alpha value is -4.04. The first-order valence-electron chi connectivity index (χ1n) is 10.7. The van der Waals surface area contributed by atoms with E-state index in [1.165, 1.54) is 6.07 Å². The van der Waals surface area contributed by atoms with Gasteiger partial charge in [0.05, 0.1) is 17.3 Å². The molecule has 0 saturated carbocycles. The first-order chi connectivity index (χ1) is 16.4. The second kappa shape index (κ2) is 8.72. The number of benzene rings is 2. The van der Waals surface area contributed by atoms with Gasteiger partial charge in [0.25, 0.3) is 0 Å². The number of pyridine rings is 1. The third-order valence-corrected chi connectivity index (χ3v) is 6.29. The molecule has 0 aliphatic carbocycles. The number of carboxylic acids is 1. The van der Waals surface area contributed by atoms with Crippen LogP contribution in [-0.2, 0) is 0 Å². The maximum atomic E-state index is 14.1. The van der Waals surface area contributed by atoms with Gasteiger partial charge in [-0.05, 0) is 85.4 Å². The predicted octanol–water partition coefficient (Wildman–Crippen LogP) is 5.20. The number of nitrogens with one attached hydrogen (secondary N) is 1. The Morgan fingerprint density at radius 2 is 1.91 bits per heavy atom. The van der Waals surface area contributed by atoms with Crippen LogP contribution in [0.15, 0.2) is 85.2 Å². The molecule has 34 heavy (non-hydrogen) atoms. The van der Waals surface area contributed by atoms with Crippen LogP contribution in [0.3, 0.4) is 0 Å². The van der Waals surface area contributed by atoms with Gasteiger partial charge >= 0.3 is 5.97 Å². The lowest BCUT2D eigenvalue weighted by Gasteiger charge is -2.29. The normalized spacial score (nSPS) is 17.6. The van der Waals surface area contributed by atoms with E-state index < -0.39 is 5.97 Å². The summed E-state index contributed by atoms with van der Waals surface area (Å²) < 4.78 is 16.0. The van der Waals surface area contributed by atoms with Gasteiger partial charge in [-0.1, -0.05) is 12.1 Å².